The Labute approximate surface area is 68.3 Å². The van der Waals surface area contributed by atoms with Gasteiger partial charge in [0.05, 0.1) is 0 Å². The van der Waals surface area contributed by atoms with Gasteiger partial charge in [0.2, 0.25) is 5.91 Å². The van der Waals surface area contributed by atoms with Crippen molar-refractivity contribution in [2.45, 2.75) is 39.2 Å². The van der Waals surface area contributed by atoms with Gasteiger partial charge in [-0.25, -0.2) is 0 Å². The Bertz CT molecular complexity index is 115. The molecule has 0 spiro atoms. The maximum absolute atomic E-state index is 11.0. The topological polar surface area (TPSA) is 55.1 Å². The lowest BCUT2D eigenvalue weighted by molar-refractivity contribution is -0.121. The van der Waals surface area contributed by atoms with E-state index in [0.29, 0.717) is 13.0 Å². The first-order chi connectivity index (χ1) is 5.20. The minimum Gasteiger partial charge on any atom is -0.352 e. The molecule has 0 bridgehead atoms. The van der Waals surface area contributed by atoms with Gasteiger partial charge in [-0.1, -0.05) is 13.3 Å². The molecule has 0 aromatic rings. The minimum atomic E-state index is 0.111. The first-order valence-corrected chi connectivity index (χ1v) is 4.20. The molecule has 0 aliphatic rings. The summed E-state index contributed by atoms with van der Waals surface area (Å²) in [6, 6.07) is 0.111. The van der Waals surface area contributed by atoms with E-state index in [4.69, 9.17) is 5.73 Å². The van der Waals surface area contributed by atoms with Gasteiger partial charge in [-0.15, -0.1) is 0 Å². The van der Waals surface area contributed by atoms with Gasteiger partial charge in [0.15, 0.2) is 0 Å². The lowest BCUT2D eigenvalue weighted by Crippen LogP contribution is -2.37. The molecule has 3 N–H and O–H groups in total. The second kappa shape index (κ2) is 6.16. The van der Waals surface area contributed by atoms with Crippen molar-refractivity contribution in [1.82, 2.24) is 5.32 Å². The van der Waals surface area contributed by atoms with Crippen molar-refractivity contribution < 1.29 is 4.79 Å². The van der Waals surface area contributed by atoms with Crippen molar-refractivity contribution in [2.75, 3.05) is 6.54 Å². The van der Waals surface area contributed by atoms with E-state index in [0.717, 1.165) is 12.8 Å². The number of amides is 1. The molecule has 0 aromatic heterocycles. The third kappa shape index (κ3) is 5.85. The van der Waals surface area contributed by atoms with Gasteiger partial charge >= 0.3 is 0 Å². The number of hydrogen-bond acceptors (Lipinski definition) is 2. The maximum Gasteiger partial charge on any atom is 0.220 e. The summed E-state index contributed by atoms with van der Waals surface area (Å²) in [6.07, 6.45) is 2.65. The van der Waals surface area contributed by atoms with Crippen molar-refractivity contribution in [3.63, 3.8) is 0 Å². The highest BCUT2D eigenvalue weighted by atomic mass is 16.1. The van der Waals surface area contributed by atoms with Crippen LogP contribution in [0.2, 0.25) is 0 Å². The standard InChI is InChI=1S/C8H18N2O/c1-3-4-5-8(11)10-7(2)6-9/h7H,3-6,9H2,1-2H3,(H,10,11). The van der Waals surface area contributed by atoms with Crippen LogP contribution in [0.1, 0.15) is 33.1 Å². The van der Waals surface area contributed by atoms with E-state index in [2.05, 4.69) is 12.2 Å². The van der Waals surface area contributed by atoms with E-state index in [1.54, 1.807) is 0 Å². The van der Waals surface area contributed by atoms with Crippen LogP contribution in [0.3, 0.4) is 0 Å². The number of nitrogens with two attached hydrogens (primary N) is 1. The summed E-state index contributed by atoms with van der Waals surface area (Å²) in [5.41, 5.74) is 5.33. The molecule has 0 radical (unpaired) electrons. The smallest absolute Gasteiger partial charge is 0.220 e. The van der Waals surface area contributed by atoms with Crippen LogP contribution >= 0.6 is 0 Å². The average molecular weight is 158 g/mol. The number of carbonyl (C=O) groups is 1. The molecular formula is C8H18N2O. The molecule has 1 amide bonds. The first-order valence-electron chi connectivity index (χ1n) is 4.20. The van der Waals surface area contributed by atoms with Gasteiger partial charge in [0.1, 0.15) is 0 Å². The summed E-state index contributed by atoms with van der Waals surface area (Å²) in [5.74, 6) is 0.116. The van der Waals surface area contributed by atoms with Crippen LogP contribution in [0.25, 0.3) is 0 Å². The van der Waals surface area contributed by atoms with Crippen molar-refractivity contribution in [1.29, 1.82) is 0 Å². The van der Waals surface area contributed by atoms with Crippen LogP contribution in [0.5, 0.6) is 0 Å². The van der Waals surface area contributed by atoms with E-state index < -0.39 is 0 Å². The molecule has 3 nitrogen and oxygen atoms in total. The molecular weight excluding hydrogens is 140 g/mol. The Morgan fingerprint density at radius 3 is 2.73 bits per heavy atom. The molecule has 3 heteroatoms. The molecule has 0 fully saturated rings. The molecule has 0 rings (SSSR count). The highest BCUT2D eigenvalue weighted by molar-refractivity contribution is 5.76. The summed E-state index contributed by atoms with van der Waals surface area (Å²) in [4.78, 5) is 11.0. The van der Waals surface area contributed by atoms with Crippen molar-refractivity contribution in [2.24, 2.45) is 5.73 Å². The largest absolute Gasteiger partial charge is 0.352 e. The summed E-state index contributed by atoms with van der Waals surface area (Å²) in [7, 11) is 0. The highest BCUT2D eigenvalue weighted by Crippen LogP contribution is 1.93. The Hall–Kier alpha value is -0.570. The van der Waals surface area contributed by atoms with E-state index in [1.165, 1.54) is 0 Å². The van der Waals surface area contributed by atoms with Gasteiger partial charge in [-0.3, -0.25) is 4.79 Å². The van der Waals surface area contributed by atoms with Crippen molar-refractivity contribution >= 4 is 5.91 Å². The third-order valence-electron chi connectivity index (χ3n) is 1.52. The number of nitrogens with one attached hydrogen (secondary N) is 1. The molecule has 1 unspecified atom stereocenters. The van der Waals surface area contributed by atoms with Crippen LogP contribution < -0.4 is 11.1 Å². The quantitative estimate of drug-likeness (QED) is 0.617. The normalized spacial score (nSPS) is 12.6. The molecule has 0 aromatic carbocycles. The second-order valence-corrected chi connectivity index (χ2v) is 2.81. The van der Waals surface area contributed by atoms with Crippen molar-refractivity contribution in [3.8, 4) is 0 Å². The number of carbonyl (C=O) groups excluding carboxylic acids is 1. The van der Waals surface area contributed by atoms with Crippen LogP contribution in [-0.2, 0) is 4.79 Å². The Morgan fingerprint density at radius 2 is 2.27 bits per heavy atom. The zero-order chi connectivity index (χ0) is 8.69. The second-order valence-electron chi connectivity index (χ2n) is 2.81. The Kier molecular flexibility index (Phi) is 5.84. The highest BCUT2D eigenvalue weighted by Gasteiger charge is 2.03. The van der Waals surface area contributed by atoms with Gasteiger partial charge in [-0.2, -0.15) is 0 Å². The van der Waals surface area contributed by atoms with Gasteiger partial charge in [0, 0.05) is 19.0 Å². The lowest BCUT2D eigenvalue weighted by Gasteiger charge is -2.10. The molecule has 0 saturated carbocycles. The Morgan fingerprint density at radius 1 is 1.64 bits per heavy atom. The fourth-order valence-corrected chi connectivity index (χ4v) is 0.743. The predicted octanol–water partition coefficient (Wildman–Crippen LogP) is 0.640. The third-order valence-corrected chi connectivity index (χ3v) is 1.52. The van der Waals surface area contributed by atoms with Crippen molar-refractivity contribution in [3.05, 3.63) is 0 Å². The van der Waals surface area contributed by atoms with Crippen LogP contribution in [-0.4, -0.2) is 18.5 Å². The fraction of sp³-hybridized carbons (Fsp3) is 0.875. The van der Waals surface area contributed by atoms with E-state index >= 15 is 0 Å². The summed E-state index contributed by atoms with van der Waals surface area (Å²) >= 11 is 0. The monoisotopic (exact) mass is 158 g/mol. The molecule has 1 atom stereocenters. The van der Waals surface area contributed by atoms with Crippen LogP contribution in [0.15, 0.2) is 0 Å². The first kappa shape index (κ1) is 10.4. The number of unbranched alkanes of at least 4 members (excludes halogenated alkanes) is 1. The minimum absolute atomic E-state index is 0.111. The van der Waals surface area contributed by atoms with Gasteiger partial charge in [0.25, 0.3) is 0 Å². The van der Waals surface area contributed by atoms with Gasteiger partial charge < -0.3 is 11.1 Å². The molecule has 66 valence electrons. The molecule has 0 saturated heterocycles. The number of hydrogen-bond donors (Lipinski definition) is 2. The maximum atomic E-state index is 11.0. The molecule has 0 aliphatic carbocycles. The Balaban J connectivity index is 3.36. The summed E-state index contributed by atoms with van der Waals surface area (Å²) < 4.78 is 0. The molecule has 0 heterocycles. The fourth-order valence-electron chi connectivity index (χ4n) is 0.743. The number of rotatable bonds is 5. The van der Waals surface area contributed by atoms with E-state index in [1.807, 2.05) is 6.92 Å². The lowest BCUT2D eigenvalue weighted by atomic mass is 10.2. The van der Waals surface area contributed by atoms with Crippen LogP contribution in [0, 0.1) is 0 Å². The van der Waals surface area contributed by atoms with E-state index in [9.17, 15) is 4.79 Å². The summed E-state index contributed by atoms with van der Waals surface area (Å²) in [6.45, 7) is 4.49. The zero-order valence-corrected chi connectivity index (χ0v) is 7.39. The molecule has 0 aliphatic heterocycles. The zero-order valence-electron chi connectivity index (χ0n) is 7.39. The van der Waals surface area contributed by atoms with E-state index in [-0.39, 0.29) is 11.9 Å². The van der Waals surface area contributed by atoms with Gasteiger partial charge in [-0.05, 0) is 13.3 Å². The SMILES string of the molecule is CCCCC(=O)NC(C)CN. The average Bonchev–Trinajstić information content (AvgIpc) is 2.00. The molecule has 11 heavy (non-hydrogen) atoms. The van der Waals surface area contributed by atoms with Crippen LogP contribution in [0.4, 0.5) is 0 Å². The summed E-state index contributed by atoms with van der Waals surface area (Å²) in [5, 5.41) is 2.80. The predicted molar refractivity (Wildman–Crippen MR) is 46.2 cm³/mol.